The second-order valence-corrected chi connectivity index (χ2v) is 4.59. The van der Waals surface area contributed by atoms with Crippen molar-refractivity contribution in [2.75, 3.05) is 0 Å². The average molecular weight is 260 g/mol. The first-order valence-electron chi connectivity index (χ1n) is 6.15. The van der Waals surface area contributed by atoms with Crippen molar-refractivity contribution in [3.05, 3.63) is 41.5 Å². The molecule has 1 aromatic carbocycles. The zero-order chi connectivity index (χ0) is 13.8. The maximum atomic E-state index is 11.0. The van der Waals surface area contributed by atoms with Crippen molar-refractivity contribution in [2.45, 2.75) is 25.3 Å². The summed E-state index contributed by atoms with van der Waals surface area (Å²) in [4.78, 5) is 21.5. The van der Waals surface area contributed by atoms with E-state index < -0.39 is 12.0 Å². The van der Waals surface area contributed by atoms with E-state index in [9.17, 15) is 9.59 Å². The van der Waals surface area contributed by atoms with Crippen LogP contribution >= 0.6 is 0 Å². The van der Waals surface area contributed by atoms with Crippen LogP contribution in [0, 0.1) is 0 Å². The summed E-state index contributed by atoms with van der Waals surface area (Å²) in [5.41, 5.74) is 7.92. The molecule has 0 spiro atoms. The molecule has 5 heteroatoms. The van der Waals surface area contributed by atoms with Gasteiger partial charge in [-0.1, -0.05) is 18.2 Å². The Bertz CT molecular complexity index is 520. The second kappa shape index (κ2) is 5.56. The van der Waals surface area contributed by atoms with Gasteiger partial charge in [0.05, 0.1) is 0 Å². The predicted octanol–water partition coefficient (Wildman–Crippen LogP) is 1.99. The lowest BCUT2D eigenvalue weighted by Crippen LogP contribution is -2.34. The predicted molar refractivity (Wildman–Crippen MR) is 71.7 cm³/mol. The van der Waals surface area contributed by atoms with Crippen LogP contribution in [-0.4, -0.2) is 23.1 Å². The standard InChI is InChI=1S/C14H16N2O3/c15-13(17)11-3-1-9(2-4-11)10-5-7-12(8-6-10)16-14(18)19/h1-5,12,16H,6-8H2,(H2,15,17)(H,18,19). The summed E-state index contributed by atoms with van der Waals surface area (Å²) in [6.45, 7) is 0. The number of hydrogen-bond acceptors (Lipinski definition) is 2. The molecule has 0 saturated carbocycles. The third-order valence-corrected chi connectivity index (χ3v) is 3.28. The van der Waals surface area contributed by atoms with Crippen molar-refractivity contribution in [3.8, 4) is 0 Å². The highest BCUT2D eigenvalue weighted by Crippen LogP contribution is 2.27. The number of rotatable bonds is 3. The Morgan fingerprint density at radius 2 is 1.95 bits per heavy atom. The van der Waals surface area contributed by atoms with Gasteiger partial charge in [0, 0.05) is 11.6 Å². The Hall–Kier alpha value is -2.30. The minimum atomic E-state index is -0.979. The van der Waals surface area contributed by atoms with E-state index in [1.807, 2.05) is 18.2 Å². The molecule has 19 heavy (non-hydrogen) atoms. The van der Waals surface area contributed by atoms with E-state index in [0.29, 0.717) is 12.0 Å². The van der Waals surface area contributed by atoms with Crippen molar-refractivity contribution in [1.29, 1.82) is 0 Å². The smallest absolute Gasteiger partial charge is 0.404 e. The van der Waals surface area contributed by atoms with Crippen LogP contribution in [0.1, 0.15) is 35.2 Å². The van der Waals surface area contributed by atoms with Gasteiger partial charge in [0.2, 0.25) is 5.91 Å². The minimum absolute atomic E-state index is 0.00820. The first-order valence-corrected chi connectivity index (χ1v) is 6.15. The third kappa shape index (κ3) is 3.34. The molecular weight excluding hydrogens is 244 g/mol. The van der Waals surface area contributed by atoms with Crippen LogP contribution in [0.4, 0.5) is 4.79 Å². The van der Waals surface area contributed by atoms with E-state index in [0.717, 1.165) is 18.4 Å². The van der Waals surface area contributed by atoms with Gasteiger partial charge in [0.15, 0.2) is 0 Å². The van der Waals surface area contributed by atoms with E-state index >= 15 is 0 Å². The number of hydrogen-bond donors (Lipinski definition) is 3. The molecule has 100 valence electrons. The number of allylic oxidation sites excluding steroid dienone is 1. The SMILES string of the molecule is NC(=O)c1ccc(C2=CCC(NC(=O)O)CC2)cc1. The topological polar surface area (TPSA) is 92.4 Å². The molecule has 5 nitrogen and oxygen atoms in total. The van der Waals surface area contributed by atoms with Crippen LogP contribution in [-0.2, 0) is 0 Å². The molecule has 1 aromatic rings. The molecular formula is C14H16N2O3. The van der Waals surface area contributed by atoms with Crippen molar-refractivity contribution in [1.82, 2.24) is 5.32 Å². The molecule has 1 aliphatic carbocycles. The minimum Gasteiger partial charge on any atom is -0.465 e. The van der Waals surface area contributed by atoms with E-state index in [1.165, 1.54) is 5.57 Å². The van der Waals surface area contributed by atoms with E-state index in [1.54, 1.807) is 12.1 Å². The second-order valence-electron chi connectivity index (χ2n) is 4.59. The van der Waals surface area contributed by atoms with Crippen LogP contribution < -0.4 is 11.1 Å². The summed E-state index contributed by atoms with van der Waals surface area (Å²) >= 11 is 0. The molecule has 4 N–H and O–H groups in total. The Morgan fingerprint density at radius 3 is 2.42 bits per heavy atom. The van der Waals surface area contributed by atoms with Gasteiger partial charge in [-0.05, 0) is 42.5 Å². The average Bonchev–Trinajstić information content (AvgIpc) is 2.39. The number of nitrogens with two attached hydrogens (primary N) is 1. The third-order valence-electron chi connectivity index (χ3n) is 3.28. The first-order chi connectivity index (χ1) is 9.06. The molecule has 2 amide bonds. The maximum absolute atomic E-state index is 11.0. The van der Waals surface area contributed by atoms with E-state index in [4.69, 9.17) is 10.8 Å². The van der Waals surface area contributed by atoms with Crippen molar-refractivity contribution < 1.29 is 14.7 Å². The molecule has 2 rings (SSSR count). The molecule has 0 radical (unpaired) electrons. The molecule has 0 bridgehead atoms. The fourth-order valence-electron chi connectivity index (χ4n) is 2.25. The van der Waals surface area contributed by atoms with Gasteiger partial charge >= 0.3 is 6.09 Å². The molecule has 1 aliphatic rings. The number of nitrogens with one attached hydrogen (secondary N) is 1. The van der Waals surface area contributed by atoms with Crippen LogP contribution in [0.5, 0.6) is 0 Å². The summed E-state index contributed by atoms with van der Waals surface area (Å²) in [7, 11) is 0. The van der Waals surface area contributed by atoms with E-state index in [2.05, 4.69) is 5.32 Å². The quantitative estimate of drug-likeness (QED) is 0.776. The number of carboxylic acid groups (broad SMARTS) is 1. The monoisotopic (exact) mass is 260 g/mol. The lowest BCUT2D eigenvalue weighted by Gasteiger charge is -2.22. The summed E-state index contributed by atoms with van der Waals surface area (Å²) in [5.74, 6) is -0.435. The van der Waals surface area contributed by atoms with Crippen molar-refractivity contribution in [3.63, 3.8) is 0 Å². The lowest BCUT2D eigenvalue weighted by molar-refractivity contribution is 0.1000. The highest BCUT2D eigenvalue weighted by atomic mass is 16.4. The van der Waals surface area contributed by atoms with Crippen LogP contribution in [0.15, 0.2) is 30.3 Å². The summed E-state index contributed by atoms with van der Waals surface area (Å²) < 4.78 is 0. The van der Waals surface area contributed by atoms with Gasteiger partial charge < -0.3 is 16.2 Å². The van der Waals surface area contributed by atoms with E-state index in [-0.39, 0.29) is 6.04 Å². The fraction of sp³-hybridized carbons (Fsp3) is 0.286. The molecule has 0 saturated heterocycles. The number of primary amides is 1. The molecule has 1 atom stereocenters. The lowest BCUT2D eigenvalue weighted by atomic mass is 9.90. The Labute approximate surface area is 111 Å². The normalized spacial score (nSPS) is 18.5. The van der Waals surface area contributed by atoms with Gasteiger partial charge in [0.1, 0.15) is 0 Å². The maximum Gasteiger partial charge on any atom is 0.404 e. The first kappa shape index (κ1) is 13.1. The largest absolute Gasteiger partial charge is 0.465 e. The van der Waals surface area contributed by atoms with Crippen molar-refractivity contribution in [2.24, 2.45) is 5.73 Å². The Balaban J connectivity index is 2.05. The molecule has 0 heterocycles. The molecule has 1 unspecified atom stereocenters. The van der Waals surface area contributed by atoms with Crippen molar-refractivity contribution >= 4 is 17.6 Å². The summed E-state index contributed by atoms with van der Waals surface area (Å²) in [6, 6.07) is 7.15. The number of carbonyl (C=O) groups excluding carboxylic acids is 1. The summed E-state index contributed by atoms with van der Waals surface area (Å²) in [6.07, 6.45) is 3.37. The molecule has 0 aromatic heterocycles. The van der Waals surface area contributed by atoms with Gasteiger partial charge in [-0.2, -0.15) is 0 Å². The fourth-order valence-corrected chi connectivity index (χ4v) is 2.25. The van der Waals surface area contributed by atoms with Crippen LogP contribution in [0.2, 0.25) is 0 Å². The highest BCUT2D eigenvalue weighted by Gasteiger charge is 2.16. The number of carbonyl (C=O) groups is 2. The van der Waals surface area contributed by atoms with Gasteiger partial charge in [-0.3, -0.25) is 4.79 Å². The highest BCUT2D eigenvalue weighted by molar-refractivity contribution is 5.93. The zero-order valence-corrected chi connectivity index (χ0v) is 10.4. The van der Waals surface area contributed by atoms with Gasteiger partial charge in [-0.15, -0.1) is 0 Å². The van der Waals surface area contributed by atoms with Gasteiger partial charge in [0.25, 0.3) is 0 Å². The zero-order valence-electron chi connectivity index (χ0n) is 10.4. The summed E-state index contributed by atoms with van der Waals surface area (Å²) in [5, 5.41) is 11.1. The molecule has 0 aliphatic heterocycles. The number of amides is 2. The Morgan fingerprint density at radius 1 is 1.26 bits per heavy atom. The Kier molecular flexibility index (Phi) is 3.85. The van der Waals surface area contributed by atoms with Crippen LogP contribution in [0.25, 0.3) is 5.57 Å². The number of benzene rings is 1. The van der Waals surface area contributed by atoms with Gasteiger partial charge in [-0.25, -0.2) is 4.79 Å². The van der Waals surface area contributed by atoms with Crippen LogP contribution in [0.3, 0.4) is 0 Å². The molecule has 0 fully saturated rings.